The summed E-state index contributed by atoms with van der Waals surface area (Å²) in [6, 6.07) is 6.22. The van der Waals surface area contributed by atoms with Crippen LogP contribution in [0.4, 0.5) is 5.69 Å². The fourth-order valence-corrected chi connectivity index (χ4v) is 4.76. The largest absolute Gasteiger partial charge is 0.358 e. The Kier molecular flexibility index (Phi) is 8.31. The fourth-order valence-electron chi connectivity index (χ4n) is 4.10. The smallest absolute Gasteiger partial charge is 0.0961 e. The van der Waals surface area contributed by atoms with Gasteiger partial charge in [-0.05, 0) is 72.4 Å². The van der Waals surface area contributed by atoms with Crippen molar-refractivity contribution in [2.75, 3.05) is 5.32 Å². The first-order valence-electron chi connectivity index (χ1n) is 12.4. The molecule has 0 bridgehead atoms. The molecule has 0 atom stereocenters. The zero-order valence-corrected chi connectivity index (χ0v) is 22.6. The van der Waals surface area contributed by atoms with Gasteiger partial charge in [-0.1, -0.05) is 45.2 Å². The number of nitrogens with zero attached hydrogens (tertiary/aromatic N) is 3. The highest BCUT2D eigenvalue weighted by atomic mass is 32.1. The van der Waals surface area contributed by atoms with Crippen molar-refractivity contribution in [1.29, 1.82) is 0 Å². The van der Waals surface area contributed by atoms with Crippen molar-refractivity contribution in [3.8, 4) is 11.3 Å². The molecule has 5 nitrogen and oxygen atoms in total. The monoisotopic (exact) mass is 507 g/mol. The number of hydrogen-bond acceptors (Lipinski definition) is 6. The van der Waals surface area contributed by atoms with Gasteiger partial charge in [0.25, 0.3) is 0 Å². The van der Waals surface area contributed by atoms with Crippen molar-refractivity contribution in [3.63, 3.8) is 0 Å². The lowest BCUT2D eigenvalue weighted by molar-refractivity contribution is 0.791. The summed E-state index contributed by atoms with van der Waals surface area (Å²) < 4.78 is 0. The average molecular weight is 508 g/mol. The highest BCUT2D eigenvalue weighted by Gasteiger charge is 2.15. The van der Waals surface area contributed by atoms with Crippen LogP contribution in [-0.4, -0.2) is 9.97 Å². The zero-order chi connectivity index (χ0) is 26.4. The molecule has 2 N–H and O–H groups in total. The van der Waals surface area contributed by atoms with E-state index in [1.54, 1.807) is 17.5 Å². The third kappa shape index (κ3) is 6.04. The van der Waals surface area contributed by atoms with Crippen molar-refractivity contribution in [1.82, 2.24) is 15.3 Å². The molecule has 0 amide bonds. The summed E-state index contributed by atoms with van der Waals surface area (Å²) in [6.07, 6.45) is 12.5. The maximum atomic E-state index is 4.65. The van der Waals surface area contributed by atoms with Crippen LogP contribution < -0.4 is 21.2 Å². The van der Waals surface area contributed by atoms with E-state index in [-0.39, 0.29) is 0 Å². The Labute approximate surface area is 223 Å². The minimum Gasteiger partial charge on any atom is -0.358 e. The second kappa shape index (κ2) is 11.8. The molecule has 0 spiro atoms. The Morgan fingerprint density at radius 1 is 1.14 bits per heavy atom. The molecule has 0 saturated carbocycles. The van der Waals surface area contributed by atoms with E-state index in [0.29, 0.717) is 0 Å². The summed E-state index contributed by atoms with van der Waals surface area (Å²) in [5, 5.41) is 12.9. The minimum absolute atomic E-state index is 0.755. The number of rotatable bonds is 12. The second-order valence-corrected chi connectivity index (χ2v) is 9.80. The van der Waals surface area contributed by atoms with Gasteiger partial charge in [-0.15, -0.1) is 0 Å². The number of allylic oxidation sites excluding steroid dienone is 6. The quantitative estimate of drug-likeness (QED) is 0.267. The molecule has 188 valence electrons. The van der Waals surface area contributed by atoms with Gasteiger partial charge in [-0.3, -0.25) is 9.97 Å². The molecule has 4 rings (SSSR count). The number of anilines is 1. The summed E-state index contributed by atoms with van der Waals surface area (Å²) in [7, 11) is 0. The molecule has 6 heteroatoms. The molecule has 3 aromatic rings. The van der Waals surface area contributed by atoms with E-state index < -0.39 is 0 Å². The fraction of sp³-hybridized carbons (Fsp3) is 0.194. The van der Waals surface area contributed by atoms with Crippen LogP contribution in [0.15, 0.2) is 107 Å². The Morgan fingerprint density at radius 2 is 1.97 bits per heavy atom. The number of thiophene rings is 1. The van der Waals surface area contributed by atoms with Crippen LogP contribution in [0, 0.1) is 0 Å². The molecule has 0 fully saturated rings. The Bertz CT molecular complexity index is 1520. The van der Waals surface area contributed by atoms with E-state index in [9.17, 15) is 0 Å². The second-order valence-electron chi connectivity index (χ2n) is 9.02. The lowest BCUT2D eigenvalue weighted by atomic mass is 9.99. The molecular formula is C31H33N5S. The van der Waals surface area contributed by atoms with Gasteiger partial charge >= 0.3 is 0 Å². The molecule has 37 heavy (non-hydrogen) atoms. The van der Waals surface area contributed by atoms with E-state index in [2.05, 4.69) is 95.1 Å². The summed E-state index contributed by atoms with van der Waals surface area (Å²) >= 11 is 1.68. The first kappa shape index (κ1) is 26.0. The average Bonchev–Trinajstić information content (AvgIpc) is 3.41. The Balaban J connectivity index is 1.56. The number of hydrogen-bond donors (Lipinski definition) is 2. The third-order valence-corrected chi connectivity index (χ3v) is 6.95. The first-order chi connectivity index (χ1) is 17.9. The van der Waals surface area contributed by atoms with E-state index in [0.717, 1.165) is 80.7 Å². The van der Waals surface area contributed by atoms with Crippen LogP contribution in [0.2, 0.25) is 0 Å². The van der Waals surface area contributed by atoms with Gasteiger partial charge in [0.15, 0.2) is 0 Å². The van der Waals surface area contributed by atoms with Crippen molar-refractivity contribution >= 4 is 28.3 Å². The Morgan fingerprint density at radius 3 is 2.70 bits per heavy atom. The summed E-state index contributed by atoms with van der Waals surface area (Å²) in [4.78, 5) is 13.7. The molecule has 0 unspecified atom stereocenters. The van der Waals surface area contributed by atoms with Gasteiger partial charge in [0.1, 0.15) is 0 Å². The lowest BCUT2D eigenvalue weighted by Gasteiger charge is -2.18. The van der Waals surface area contributed by atoms with Crippen LogP contribution in [0.5, 0.6) is 0 Å². The molecule has 3 aromatic heterocycles. The molecule has 0 radical (unpaired) electrons. The van der Waals surface area contributed by atoms with Crippen molar-refractivity contribution in [2.45, 2.75) is 40.0 Å². The van der Waals surface area contributed by atoms with Crippen LogP contribution in [0.1, 0.15) is 45.6 Å². The normalized spacial score (nSPS) is 13.1. The SMILES string of the molecule is C=C/C=C(\C(C)=C(/C)NC(=C)C1=c2cc(-c3cncc(NC(=C)CCCC)c3)ncc2=N1)c1ccsc1. The third-order valence-electron chi connectivity index (χ3n) is 6.26. The molecule has 1 aliphatic rings. The van der Waals surface area contributed by atoms with Gasteiger partial charge in [-0.2, -0.15) is 11.3 Å². The summed E-state index contributed by atoms with van der Waals surface area (Å²) in [5.41, 5.74) is 9.72. The van der Waals surface area contributed by atoms with Gasteiger partial charge in [-0.25, -0.2) is 4.99 Å². The van der Waals surface area contributed by atoms with Crippen molar-refractivity contribution in [2.24, 2.45) is 4.99 Å². The molecule has 0 aliphatic carbocycles. The molecule has 0 saturated heterocycles. The number of nitrogens with one attached hydrogen (secondary N) is 2. The summed E-state index contributed by atoms with van der Waals surface area (Å²) in [6.45, 7) is 18.6. The van der Waals surface area contributed by atoms with Gasteiger partial charge in [0.2, 0.25) is 0 Å². The highest BCUT2D eigenvalue weighted by molar-refractivity contribution is 7.08. The lowest BCUT2D eigenvalue weighted by Crippen LogP contribution is -2.37. The van der Waals surface area contributed by atoms with E-state index in [4.69, 9.17) is 0 Å². The number of fused-ring (bicyclic) bond motifs is 1. The van der Waals surface area contributed by atoms with Crippen LogP contribution in [0.3, 0.4) is 0 Å². The van der Waals surface area contributed by atoms with Crippen LogP contribution in [0.25, 0.3) is 22.5 Å². The predicted octanol–water partition coefficient (Wildman–Crippen LogP) is 6.73. The standard InChI is InChI=1S/C31H33N5S/c1-7-9-11-20(3)34-26-14-25(16-32-17-26)29-15-28-30(18-33-29)36-31(28)23(6)35-22(5)21(4)27(10-8-2)24-12-13-37-19-24/h8,10,12-19,34-35H,2-3,6-7,9,11H2,1,4-5H3/b22-21+,27-10+. The Hall–Kier alpha value is -4.03. The van der Waals surface area contributed by atoms with Gasteiger partial charge in [0, 0.05) is 28.4 Å². The maximum absolute atomic E-state index is 4.65. The number of aromatic nitrogens is 2. The van der Waals surface area contributed by atoms with Crippen LogP contribution in [-0.2, 0) is 0 Å². The van der Waals surface area contributed by atoms with E-state index in [1.165, 1.54) is 5.56 Å². The molecule has 0 aromatic carbocycles. The highest BCUT2D eigenvalue weighted by Crippen LogP contribution is 2.27. The first-order valence-corrected chi connectivity index (χ1v) is 13.3. The van der Waals surface area contributed by atoms with Gasteiger partial charge < -0.3 is 10.6 Å². The summed E-state index contributed by atoms with van der Waals surface area (Å²) in [5.74, 6) is 0. The van der Waals surface area contributed by atoms with Crippen molar-refractivity contribution < 1.29 is 0 Å². The molecule has 4 heterocycles. The molecule has 1 aliphatic heterocycles. The van der Waals surface area contributed by atoms with E-state index in [1.807, 2.05) is 24.5 Å². The topological polar surface area (TPSA) is 62.2 Å². The van der Waals surface area contributed by atoms with E-state index >= 15 is 0 Å². The number of pyridine rings is 2. The zero-order valence-electron chi connectivity index (χ0n) is 21.8. The minimum atomic E-state index is 0.755. The van der Waals surface area contributed by atoms with Crippen molar-refractivity contribution in [3.05, 3.63) is 118 Å². The van der Waals surface area contributed by atoms with Crippen LogP contribution >= 0.6 is 11.3 Å². The van der Waals surface area contributed by atoms with Gasteiger partial charge in [0.05, 0.1) is 40.5 Å². The molecular weight excluding hydrogens is 474 g/mol. The number of unbranched alkanes of at least 4 members (excludes halogenated alkanes) is 1. The maximum Gasteiger partial charge on any atom is 0.0961 e. The predicted molar refractivity (Wildman–Crippen MR) is 157 cm³/mol.